The molecule has 2 aromatic rings. The van der Waals surface area contributed by atoms with Crippen molar-refractivity contribution in [2.75, 3.05) is 38.0 Å². The second kappa shape index (κ2) is 12.4. The Morgan fingerprint density at radius 2 is 1.67 bits per heavy atom. The van der Waals surface area contributed by atoms with Crippen molar-refractivity contribution >= 4 is 17.6 Å². The van der Waals surface area contributed by atoms with Crippen molar-refractivity contribution in [3.63, 3.8) is 0 Å². The lowest BCUT2D eigenvalue weighted by molar-refractivity contribution is 0.102. The zero-order valence-corrected chi connectivity index (χ0v) is 22.2. The first-order valence-corrected chi connectivity index (χ1v) is 13.8. The van der Waals surface area contributed by atoms with Crippen molar-refractivity contribution < 1.29 is 9.59 Å². The molecular formula is C30H42N4O2. The number of likely N-dealkylation sites (tertiary alicyclic amines) is 1. The number of urea groups is 1. The number of aryl methyl sites for hydroxylation is 1. The van der Waals surface area contributed by atoms with Crippen molar-refractivity contribution in [2.24, 2.45) is 0 Å². The van der Waals surface area contributed by atoms with E-state index in [1.54, 1.807) is 0 Å². The predicted molar refractivity (Wildman–Crippen MR) is 147 cm³/mol. The molecule has 194 valence electrons. The summed E-state index contributed by atoms with van der Waals surface area (Å²) in [6.07, 6.45) is 7.51. The van der Waals surface area contributed by atoms with E-state index in [0.29, 0.717) is 6.04 Å². The fraction of sp³-hybridized carbons (Fsp3) is 0.533. The maximum absolute atomic E-state index is 12.9. The highest BCUT2D eigenvalue weighted by atomic mass is 16.2. The van der Waals surface area contributed by atoms with Gasteiger partial charge in [0.05, 0.1) is 0 Å². The van der Waals surface area contributed by atoms with Gasteiger partial charge in [0.25, 0.3) is 5.91 Å². The van der Waals surface area contributed by atoms with Gasteiger partial charge in [-0.15, -0.1) is 0 Å². The van der Waals surface area contributed by atoms with E-state index in [2.05, 4.69) is 22.8 Å². The van der Waals surface area contributed by atoms with Gasteiger partial charge in [-0.25, -0.2) is 4.79 Å². The fourth-order valence-electron chi connectivity index (χ4n) is 5.69. The smallest absolute Gasteiger partial charge is 0.319 e. The lowest BCUT2D eigenvalue weighted by Gasteiger charge is -2.35. The number of amides is 3. The van der Waals surface area contributed by atoms with Gasteiger partial charge in [0, 0.05) is 43.5 Å². The highest BCUT2D eigenvalue weighted by molar-refractivity contribution is 6.05. The molecule has 1 aliphatic heterocycles. The lowest BCUT2D eigenvalue weighted by atomic mass is 9.86. The second-order valence-electron chi connectivity index (χ2n) is 10.1. The van der Waals surface area contributed by atoms with Crippen LogP contribution in [0, 0.1) is 6.92 Å². The summed E-state index contributed by atoms with van der Waals surface area (Å²) in [6, 6.07) is 12.7. The van der Waals surface area contributed by atoms with Crippen molar-refractivity contribution in [3.8, 4) is 0 Å². The summed E-state index contributed by atoms with van der Waals surface area (Å²) in [7, 11) is 0. The summed E-state index contributed by atoms with van der Waals surface area (Å²) >= 11 is 0. The monoisotopic (exact) mass is 490 g/mol. The molecule has 2 N–H and O–H groups in total. The minimum absolute atomic E-state index is 0.0268. The number of benzene rings is 2. The van der Waals surface area contributed by atoms with E-state index in [-0.39, 0.29) is 11.9 Å². The first kappa shape index (κ1) is 26.2. The minimum Gasteiger partial charge on any atom is -0.325 e. The van der Waals surface area contributed by atoms with Crippen LogP contribution in [0.2, 0.25) is 0 Å². The molecule has 1 heterocycles. The molecule has 1 aliphatic carbocycles. The third kappa shape index (κ3) is 6.09. The van der Waals surface area contributed by atoms with Gasteiger partial charge in [-0.3, -0.25) is 4.79 Å². The van der Waals surface area contributed by atoms with E-state index in [9.17, 15) is 9.59 Å². The predicted octanol–water partition coefficient (Wildman–Crippen LogP) is 5.18. The highest BCUT2D eigenvalue weighted by Gasteiger charge is 2.25. The van der Waals surface area contributed by atoms with Crippen LogP contribution < -0.4 is 10.6 Å². The zero-order valence-electron chi connectivity index (χ0n) is 22.2. The maximum atomic E-state index is 12.9. The van der Waals surface area contributed by atoms with Crippen LogP contribution in [0.3, 0.4) is 0 Å². The van der Waals surface area contributed by atoms with Crippen LogP contribution >= 0.6 is 0 Å². The Hall–Kier alpha value is -2.86. The van der Waals surface area contributed by atoms with Crippen molar-refractivity contribution in [1.29, 1.82) is 0 Å². The standard InChI is InChI=1S/C30H42N4O2/c1-4-33(5-2)30(36)34-20-17-24(18-21-34)31-19-16-23-14-15-28(27-13-9-8-12-26(23)27)32-29(35)25-11-7-6-10-22(25)3/h6-7,10-11,14-15,24,31H,4-5,8-9,12-13,16-21H2,1-3H3,(H,32,35). The average molecular weight is 491 g/mol. The topological polar surface area (TPSA) is 64.7 Å². The van der Waals surface area contributed by atoms with E-state index in [4.69, 9.17) is 0 Å². The van der Waals surface area contributed by atoms with Crippen LogP contribution in [-0.4, -0.2) is 60.5 Å². The van der Waals surface area contributed by atoms with Crippen LogP contribution in [0.1, 0.15) is 72.1 Å². The third-order valence-electron chi connectivity index (χ3n) is 7.90. The Labute approximate surface area is 216 Å². The van der Waals surface area contributed by atoms with Gasteiger partial charge in [0.15, 0.2) is 0 Å². The maximum Gasteiger partial charge on any atom is 0.319 e. The molecule has 1 saturated heterocycles. The van der Waals surface area contributed by atoms with Crippen LogP contribution in [-0.2, 0) is 19.3 Å². The average Bonchev–Trinajstić information content (AvgIpc) is 2.91. The van der Waals surface area contributed by atoms with Gasteiger partial charge in [-0.05, 0) is 107 Å². The molecule has 0 saturated carbocycles. The Balaban J connectivity index is 1.33. The lowest BCUT2D eigenvalue weighted by Crippen LogP contribution is -2.50. The normalized spacial score (nSPS) is 15.9. The fourth-order valence-corrected chi connectivity index (χ4v) is 5.69. The highest BCUT2D eigenvalue weighted by Crippen LogP contribution is 2.31. The van der Waals surface area contributed by atoms with E-state index in [1.807, 2.05) is 54.8 Å². The number of anilines is 1. The molecule has 3 amide bonds. The van der Waals surface area contributed by atoms with E-state index in [0.717, 1.165) is 81.6 Å². The second-order valence-corrected chi connectivity index (χ2v) is 10.1. The van der Waals surface area contributed by atoms with Crippen LogP contribution in [0.4, 0.5) is 10.5 Å². The Kier molecular flexibility index (Phi) is 9.03. The van der Waals surface area contributed by atoms with Gasteiger partial charge in [-0.1, -0.05) is 24.3 Å². The summed E-state index contributed by atoms with van der Waals surface area (Å²) in [5.74, 6) is -0.0268. The number of carbonyl (C=O) groups excluding carboxylic acids is 2. The molecule has 0 radical (unpaired) electrons. The molecular weight excluding hydrogens is 448 g/mol. The molecule has 0 spiro atoms. The molecule has 0 bridgehead atoms. The molecule has 1 fully saturated rings. The minimum atomic E-state index is -0.0268. The summed E-state index contributed by atoms with van der Waals surface area (Å²) in [5.41, 5.74) is 6.87. The molecule has 6 nitrogen and oxygen atoms in total. The van der Waals surface area contributed by atoms with E-state index in [1.165, 1.54) is 29.5 Å². The van der Waals surface area contributed by atoms with Gasteiger partial charge in [0.1, 0.15) is 0 Å². The van der Waals surface area contributed by atoms with Crippen LogP contribution in [0.25, 0.3) is 0 Å². The molecule has 4 rings (SSSR count). The molecule has 36 heavy (non-hydrogen) atoms. The largest absolute Gasteiger partial charge is 0.325 e. The van der Waals surface area contributed by atoms with E-state index >= 15 is 0 Å². The first-order valence-electron chi connectivity index (χ1n) is 13.8. The number of rotatable bonds is 8. The van der Waals surface area contributed by atoms with Gasteiger partial charge >= 0.3 is 6.03 Å². The van der Waals surface area contributed by atoms with Gasteiger partial charge in [-0.2, -0.15) is 0 Å². The van der Waals surface area contributed by atoms with Crippen molar-refractivity contribution in [1.82, 2.24) is 15.1 Å². The number of carbonyl (C=O) groups is 2. The summed E-state index contributed by atoms with van der Waals surface area (Å²) in [4.78, 5) is 29.5. The molecule has 0 unspecified atom stereocenters. The first-order chi connectivity index (χ1) is 17.5. The number of fused-ring (bicyclic) bond motifs is 1. The third-order valence-corrected chi connectivity index (χ3v) is 7.90. The molecule has 0 atom stereocenters. The van der Waals surface area contributed by atoms with Crippen LogP contribution in [0.5, 0.6) is 0 Å². The number of hydrogen-bond acceptors (Lipinski definition) is 3. The Morgan fingerprint density at radius 1 is 0.972 bits per heavy atom. The zero-order chi connectivity index (χ0) is 25.5. The molecule has 6 heteroatoms. The quantitative estimate of drug-likeness (QED) is 0.536. The number of nitrogens with zero attached hydrogens (tertiary/aromatic N) is 2. The molecule has 2 aromatic carbocycles. The van der Waals surface area contributed by atoms with E-state index < -0.39 is 0 Å². The van der Waals surface area contributed by atoms with Gasteiger partial charge < -0.3 is 20.4 Å². The number of nitrogens with one attached hydrogen (secondary N) is 2. The molecule has 0 aromatic heterocycles. The number of hydrogen-bond donors (Lipinski definition) is 2. The van der Waals surface area contributed by atoms with Gasteiger partial charge in [0.2, 0.25) is 0 Å². The Morgan fingerprint density at radius 3 is 2.36 bits per heavy atom. The SMILES string of the molecule is CCN(CC)C(=O)N1CCC(NCCc2ccc(NC(=O)c3ccccc3C)c3c2CCCC3)CC1. The van der Waals surface area contributed by atoms with Crippen molar-refractivity contribution in [2.45, 2.75) is 71.8 Å². The van der Waals surface area contributed by atoms with Crippen molar-refractivity contribution in [3.05, 3.63) is 64.2 Å². The van der Waals surface area contributed by atoms with Crippen LogP contribution in [0.15, 0.2) is 36.4 Å². The molecule has 2 aliphatic rings. The number of piperidine rings is 1. The summed E-state index contributed by atoms with van der Waals surface area (Å²) in [5, 5.41) is 6.95. The summed E-state index contributed by atoms with van der Waals surface area (Å²) < 4.78 is 0. The Bertz CT molecular complexity index is 1050. The summed E-state index contributed by atoms with van der Waals surface area (Å²) in [6.45, 7) is 10.2.